The molecule has 0 aliphatic carbocycles. The predicted octanol–water partition coefficient (Wildman–Crippen LogP) is 1.81. The predicted molar refractivity (Wildman–Crippen MR) is 86.5 cm³/mol. The van der Waals surface area contributed by atoms with Gasteiger partial charge in [0, 0.05) is 39.5 Å². The molecule has 0 aromatic heterocycles. The van der Waals surface area contributed by atoms with Crippen LogP contribution in [0.1, 0.15) is 12.0 Å². The number of ether oxygens (including phenoxy) is 1. The fraction of sp³-hybridized carbons (Fsp3) is 0.625. The molecule has 4 heteroatoms. The molecule has 114 valence electrons. The van der Waals surface area contributed by atoms with E-state index in [-0.39, 0.29) is 0 Å². The van der Waals surface area contributed by atoms with Gasteiger partial charge in [-0.1, -0.05) is 12.1 Å². The molecule has 4 nitrogen and oxygen atoms in total. The lowest BCUT2D eigenvalue weighted by Crippen LogP contribution is -2.23. The van der Waals surface area contributed by atoms with E-state index in [4.69, 9.17) is 4.74 Å². The van der Waals surface area contributed by atoms with Gasteiger partial charge in [-0.25, -0.2) is 0 Å². The third-order valence-corrected chi connectivity index (χ3v) is 3.29. The molecule has 1 aromatic rings. The molecule has 0 bridgehead atoms. The van der Waals surface area contributed by atoms with Crippen LogP contribution in [0.4, 0.5) is 5.69 Å². The molecule has 0 spiro atoms. The highest BCUT2D eigenvalue weighted by Gasteiger charge is 2.01. The van der Waals surface area contributed by atoms with Crippen LogP contribution in [0.2, 0.25) is 0 Å². The van der Waals surface area contributed by atoms with Gasteiger partial charge >= 0.3 is 0 Å². The average Bonchev–Trinajstić information content (AvgIpc) is 2.44. The summed E-state index contributed by atoms with van der Waals surface area (Å²) < 4.78 is 5.01. The van der Waals surface area contributed by atoms with E-state index in [9.17, 15) is 0 Å². The van der Waals surface area contributed by atoms with E-state index >= 15 is 0 Å². The SMILES string of the molecule is COCCNCc1ccc(N(C)CCCN(C)C)cc1. The quantitative estimate of drug-likeness (QED) is 0.661. The molecular formula is C16H29N3O. The van der Waals surface area contributed by atoms with Crippen molar-refractivity contribution >= 4 is 5.69 Å². The summed E-state index contributed by atoms with van der Waals surface area (Å²) in [6.45, 7) is 4.76. The van der Waals surface area contributed by atoms with Gasteiger partial charge in [0.05, 0.1) is 6.61 Å². The first-order valence-electron chi connectivity index (χ1n) is 7.28. The monoisotopic (exact) mass is 279 g/mol. The summed E-state index contributed by atoms with van der Waals surface area (Å²) in [5.74, 6) is 0. The van der Waals surface area contributed by atoms with E-state index in [1.54, 1.807) is 7.11 Å². The van der Waals surface area contributed by atoms with Gasteiger partial charge in [-0.3, -0.25) is 0 Å². The van der Waals surface area contributed by atoms with Crippen molar-refractivity contribution in [2.75, 3.05) is 59.4 Å². The number of nitrogens with one attached hydrogen (secondary N) is 1. The Morgan fingerprint density at radius 2 is 1.75 bits per heavy atom. The van der Waals surface area contributed by atoms with Crippen molar-refractivity contribution in [2.24, 2.45) is 0 Å². The summed E-state index contributed by atoms with van der Waals surface area (Å²) in [7, 11) is 8.11. The second kappa shape index (κ2) is 9.75. The van der Waals surface area contributed by atoms with Gasteiger partial charge < -0.3 is 19.9 Å². The lowest BCUT2D eigenvalue weighted by Gasteiger charge is -2.20. The highest BCUT2D eigenvalue weighted by molar-refractivity contribution is 5.46. The summed E-state index contributed by atoms with van der Waals surface area (Å²) in [6.07, 6.45) is 1.18. The van der Waals surface area contributed by atoms with Crippen LogP contribution in [0.5, 0.6) is 0 Å². The molecule has 0 saturated carbocycles. The van der Waals surface area contributed by atoms with Crippen LogP contribution in [-0.4, -0.2) is 59.4 Å². The molecule has 0 amide bonds. The van der Waals surface area contributed by atoms with Gasteiger partial charge in [-0.15, -0.1) is 0 Å². The summed E-state index contributed by atoms with van der Waals surface area (Å²) in [4.78, 5) is 4.54. The Morgan fingerprint density at radius 1 is 1.05 bits per heavy atom. The highest BCUT2D eigenvalue weighted by Crippen LogP contribution is 2.14. The van der Waals surface area contributed by atoms with Crippen LogP contribution >= 0.6 is 0 Å². The van der Waals surface area contributed by atoms with Crippen molar-refractivity contribution in [3.05, 3.63) is 29.8 Å². The normalized spacial score (nSPS) is 11.1. The largest absolute Gasteiger partial charge is 0.383 e. The van der Waals surface area contributed by atoms with Crippen LogP contribution in [-0.2, 0) is 11.3 Å². The van der Waals surface area contributed by atoms with E-state index in [1.807, 2.05) is 0 Å². The molecule has 0 aliphatic rings. The van der Waals surface area contributed by atoms with Crippen molar-refractivity contribution in [2.45, 2.75) is 13.0 Å². The molecule has 0 atom stereocenters. The Balaban J connectivity index is 2.33. The molecule has 1 N–H and O–H groups in total. The first-order valence-corrected chi connectivity index (χ1v) is 7.28. The molecule has 0 radical (unpaired) electrons. The van der Waals surface area contributed by atoms with Crippen molar-refractivity contribution in [3.63, 3.8) is 0 Å². The second-order valence-electron chi connectivity index (χ2n) is 5.41. The molecule has 0 fully saturated rings. The van der Waals surface area contributed by atoms with Crippen molar-refractivity contribution in [1.82, 2.24) is 10.2 Å². The van der Waals surface area contributed by atoms with Gasteiger partial charge in [0.25, 0.3) is 0 Å². The van der Waals surface area contributed by atoms with Gasteiger partial charge in [0.1, 0.15) is 0 Å². The van der Waals surface area contributed by atoms with Gasteiger partial charge in [0.15, 0.2) is 0 Å². The zero-order chi connectivity index (χ0) is 14.8. The Kier molecular flexibility index (Phi) is 8.26. The first kappa shape index (κ1) is 17.0. The number of methoxy groups -OCH3 is 1. The maximum atomic E-state index is 5.01. The molecule has 0 aliphatic heterocycles. The van der Waals surface area contributed by atoms with Crippen LogP contribution in [0.25, 0.3) is 0 Å². The molecule has 0 heterocycles. The fourth-order valence-electron chi connectivity index (χ4n) is 2.03. The summed E-state index contributed by atoms with van der Waals surface area (Å²) >= 11 is 0. The van der Waals surface area contributed by atoms with Crippen LogP contribution < -0.4 is 10.2 Å². The number of nitrogens with zero attached hydrogens (tertiary/aromatic N) is 2. The maximum absolute atomic E-state index is 5.01. The van der Waals surface area contributed by atoms with E-state index in [2.05, 4.69) is 60.5 Å². The molecule has 20 heavy (non-hydrogen) atoms. The topological polar surface area (TPSA) is 27.7 Å². The van der Waals surface area contributed by atoms with E-state index in [1.165, 1.54) is 17.7 Å². The summed E-state index contributed by atoms with van der Waals surface area (Å²) in [5, 5.41) is 3.35. The Hall–Kier alpha value is -1.10. The summed E-state index contributed by atoms with van der Waals surface area (Å²) in [5.41, 5.74) is 2.59. The van der Waals surface area contributed by atoms with Crippen LogP contribution in [0.15, 0.2) is 24.3 Å². The minimum absolute atomic E-state index is 0.757. The number of benzene rings is 1. The van der Waals surface area contributed by atoms with Crippen LogP contribution in [0, 0.1) is 0 Å². The number of anilines is 1. The maximum Gasteiger partial charge on any atom is 0.0587 e. The lowest BCUT2D eigenvalue weighted by atomic mass is 10.2. The average molecular weight is 279 g/mol. The molecule has 0 unspecified atom stereocenters. The molecule has 1 aromatic carbocycles. The van der Waals surface area contributed by atoms with Gasteiger partial charge in [-0.2, -0.15) is 0 Å². The van der Waals surface area contributed by atoms with Crippen molar-refractivity contribution in [3.8, 4) is 0 Å². The zero-order valence-electron chi connectivity index (χ0n) is 13.4. The lowest BCUT2D eigenvalue weighted by molar-refractivity contribution is 0.199. The number of hydrogen-bond acceptors (Lipinski definition) is 4. The second-order valence-corrected chi connectivity index (χ2v) is 5.41. The van der Waals surface area contributed by atoms with Gasteiger partial charge in [-0.05, 0) is 44.8 Å². The highest BCUT2D eigenvalue weighted by atomic mass is 16.5. The van der Waals surface area contributed by atoms with E-state index in [0.29, 0.717) is 0 Å². The zero-order valence-corrected chi connectivity index (χ0v) is 13.4. The van der Waals surface area contributed by atoms with E-state index < -0.39 is 0 Å². The Morgan fingerprint density at radius 3 is 2.35 bits per heavy atom. The van der Waals surface area contributed by atoms with E-state index in [0.717, 1.165) is 32.8 Å². The standard InChI is InChI=1S/C16H29N3O/c1-18(2)11-5-12-19(3)16-8-6-15(7-9-16)14-17-10-13-20-4/h6-9,17H,5,10-14H2,1-4H3. The minimum atomic E-state index is 0.757. The third-order valence-electron chi connectivity index (χ3n) is 3.29. The minimum Gasteiger partial charge on any atom is -0.383 e. The smallest absolute Gasteiger partial charge is 0.0587 e. The fourth-order valence-corrected chi connectivity index (χ4v) is 2.03. The summed E-state index contributed by atoms with van der Waals surface area (Å²) in [6, 6.07) is 8.78. The third kappa shape index (κ3) is 6.89. The Labute approximate surface area is 123 Å². The van der Waals surface area contributed by atoms with Crippen molar-refractivity contribution in [1.29, 1.82) is 0 Å². The van der Waals surface area contributed by atoms with Crippen LogP contribution in [0.3, 0.4) is 0 Å². The molecule has 0 saturated heterocycles. The molecule has 1 rings (SSSR count). The van der Waals surface area contributed by atoms with Gasteiger partial charge in [0.2, 0.25) is 0 Å². The number of hydrogen-bond donors (Lipinski definition) is 1. The molecular weight excluding hydrogens is 250 g/mol. The van der Waals surface area contributed by atoms with Crippen molar-refractivity contribution < 1.29 is 4.74 Å². The Bertz CT molecular complexity index is 351. The number of rotatable bonds is 10. The first-order chi connectivity index (χ1) is 9.63.